The van der Waals surface area contributed by atoms with Crippen LogP contribution in [0.5, 0.6) is 0 Å². The van der Waals surface area contributed by atoms with E-state index in [0.717, 1.165) is 19.1 Å². The maximum absolute atomic E-state index is 5.41. The summed E-state index contributed by atoms with van der Waals surface area (Å²) < 4.78 is 5.41. The van der Waals surface area contributed by atoms with Crippen molar-refractivity contribution in [3.05, 3.63) is 0 Å². The minimum Gasteiger partial charge on any atom is -0.381 e. The first-order valence-electron chi connectivity index (χ1n) is 6.07. The third-order valence-corrected chi connectivity index (χ3v) is 5.63. The van der Waals surface area contributed by atoms with Gasteiger partial charge in [0.2, 0.25) is 0 Å². The number of likely N-dealkylation sites (tertiary alicyclic amines) is 1. The van der Waals surface area contributed by atoms with Gasteiger partial charge in [0.25, 0.3) is 0 Å². The number of hydrogen-bond acceptors (Lipinski definition) is 2. The van der Waals surface area contributed by atoms with Crippen LogP contribution in [0.4, 0.5) is 0 Å². The zero-order valence-electron chi connectivity index (χ0n) is 9.84. The molecule has 1 unspecified atom stereocenters. The molecule has 2 rings (SSSR count). The van der Waals surface area contributed by atoms with Crippen molar-refractivity contribution in [1.82, 2.24) is 4.90 Å². The molecule has 0 saturated carbocycles. The monoisotopic (exact) mass is 275 g/mol. The molecule has 0 amide bonds. The minimum absolute atomic E-state index is 0.332. The van der Waals surface area contributed by atoms with Gasteiger partial charge in [-0.25, -0.2) is 0 Å². The van der Waals surface area contributed by atoms with Gasteiger partial charge in [-0.1, -0.05) is 15.9 Å². The normalized spacial score (nSPS) is 33.4. The lowest BCUT2D eigenvalue weighted by Gasteiger charge is -2.37. The van der Waals surface area contributed by atoms with Crippen molar-refractivity contribution in [2.75, 3.05) is 26.3 Å². The van der Waals surface area contributed by atoms with Crippen LogP contribution in [0.1, 0.15) is 33.1 Å². The Morgan fingerprint density at radius 3 is 2.47 bits per heavy atom. The van der Waals surface area contributed by atoms with Crippen LogP contribution < -0.4 is 0 Å². The van der Waals surface area contributed by atoms with Gasteiger partial charge in [-0.2, -0.15) is 0 Å². The van der Waals surface area contributed by atoms with E-state index in [0.29, 0.717) is 10.4 Å². The van der Waals surface area contributed by atoms with E-state index in [1.807, 2.05) is 0 Å². The van der Waals surface area contributed by atoms with E-state index in [1.165, 1.54) is 32.4 Å². The summed E-state index contributed by atoms with van der Waals surface area (Å²) in [6.45, 7) is 9.17. The van der Waals surface area contributed by atoms with Gasteiger partial charge in [-0.15, -0.1) is 0 Å². The molecule has 0 radical (unpaired) electrons. The number of alkyl halides is 1. The molecule has 0 N–H and O–H groups in total. The van der Waals surface area contributed by atoms with Crippen LogP contribution in [0.2, 0.25) is 0 Å². The van der Waals surface area contributed by atoms with Crippen LogP contribution in [0.3, 0.4) is 0 Å². The predicted molar refractivity (Wildman–Crippen MR) is 66.5 cm³/mol. The molecular formula is C12H22BrNO. The maximum atomic E-state index is 5.41. The fourth-order valence-corrected chi connectivity index (χ4v) is 3.17. The van der Waals surface area contributed by atoms with Crippen LogP contribution in [0.15, 0.2) is 0 Å². The third kappa shape index (κ3) is 2.56. The molecule has 0 aromatic carbocycles. The van der Waals surface area contributed by atoms with E-state index >= 15 is 0 Å². The van der Waals surface area contributed by atoms with Gasteiger partial charge in [-0.05, 0) is 45.6 Å². The van der Waals surface area contributed by atoms with Crippen molar-refractivity contribution in [2.45, 2.75) is 43.5 Å². The van der Waals surface area contributed by atoms with E-state index < -0.39 is 0 Å². The molecule has 3 heteroatoms. The molecule has 2 aliphatic heterocycles. The standard InChI is InChI=1S/C12H22BrNO/c1-12(2)11(13)3-6-14(12)9-10-4-7-15-8-5-10/h10-11H,3-9H2,1-2H3. The van der Waals surface area contributed by atoms with Crippen LogP contribution in [0.25, 0.3) is 0 Å². The summed E-state index contributed by atoms with van der Waals surface area (Å²) in [6, 6.07) is 0. The highest BCUT2D eigenvalue weighted by Gasteiger charge is 2.40. The second-order valence-corrected chi connectivity index (χ2v) is 6.52. The largest absolute Gasteiger partial charge is 0.381 e. The van der Waals surface area contributed by atoms with Gasteiger partial charge in [0, 0.05) is 30.1 Å². The first-order chi connectivity index (χ1) is 7.10. The fourth-order valence-electron chi connectivity index (χ4n) is 2.68. The lowest BCUT2D eigenvalue weighted by Crippen LogP contribution is -2.45. The first-order valence-corrected chi connectivity index (χ1v) is 6.99. The van der Waals surface area contributed by atoms with Gasteiger partial charge in [0.1, 0.15) is 0 Å². The van der Waals surface area contributed by atoms with E-state index in [4.69, 9.17) is 4.74 Å². The molecule has 2 aliphatic rings. The molecule has 0 aromatic rings. The summed E-state index contributed by atoms with van der Waals surface area (Å²) in [7, 11) is 0. The Hall–Kier alpha value is 0.400. The molecule has 0 spiro atoms. The van der Waals surface area contributed by atoms with Crippen molar-refractivity contribution in [1.29, 1.82) is 0 Å². The predicted octanol–water partition coefficient (Wildman–Crippen LogP) is 2.66. The smallest absolute Gasteiger partial charge is 0.0469 e. The van der Waals surface area contributed by atoms with Crippen molar-refractivity contribution in [2.24, 2.45) is 5.92 Å². The summed E-state index contributed by atoms with van der Waals surface area (Å²) in [4.78, 5) is 3.31. The molecule has 0 aromatic heterocycles. The van der Waals surface area contributed by atoms with Gasteiger partial charge >= 0.3 is 0 Å². The van der Waals surface area contributed by atoms with E-state index in [2.05, 4.69) is 34.7 Å². The van der Waals surface area contributed by atoms with E-state index in [-0.39, 0.29) is 0 Å². The SMILES string of the molecule is CC1(C)C(Br)CCN1CC1CCOCC1. The molecule has 15 heavy (non-hydrogen) atoms. The highest BCUT2D eigenvalue weighted by Crippen LogP contribution is 2.35. The Kier molecular flexibility index (Phi) is 3.74. The number of halogens is 1. The maximum Gasteiger partial charge on any atom is 0.0469 e. The summed E-state index contributed by atoms with van der Waals surface area (Å²) in [5, 5.41) is 0. The van der Waals surface area contributed by atoms with Gasteiger partial charge in [0.05, 0.1) is 0 Å². The molecule has 2 saturated heterocycles. The Labute approximate surface area is 101 Å². The topological polar surface area (TPSA) is 12.5 Å². The Balaban J connectivity index is 1.88. The number of hydrogen-bond donors (Lipinski definition) is 0. The number of nitrogens with zero attached hydrogens (tertiary/aromatic N) is 1. The van der Waals surface area contributed by atoms with Crippen molar-refractivity contribution >= 4 is 15.9 Å². The van der Waals surface area contributed by atoms with Crippen LogP contribution in [-0.4, -0.2) is 41.6 Å². The van der Waals surface area contributed by atoms with Crippen LogP contribution in [-0.2, 0) is 4.74 Å². The zero-order chi connectivity index (χ0) is 10.9. The molecule has 2 heterocycles. The van der Waals surface area contributed by atoms with Gasteiger partial charge in [-0.3, -0.25) is 4.90 Å². The summed E-state index contributed by atoms with van der Waals surface area (Å²) in [5.74, 6) is 0.857. The van der Waals surface area contributed by atoms with Gasteiger partial charge < -0.3 is 4.74 Å². The minimum atomic E-state index is 0.332. The fraction of sp³-hybridized carbons (Fsp3) is 1.00. The van der Waals surface area contributed by atoms with Gasteiger partial charge in [0.15, 0.2) is 0 Å². The van der Waals surface area contributed by atoms with E-state index in [9.17, 15) is 0 Å². The van der Waals surface area contributed by atoms with Crippen molar-refractivity contribution in [3.8, 4) is 0 Å². The molecule has 88 valence electrons. The van der Waals surface area contributed by atoms with Crippen molar-refractivity contribution in [3.63, 3.8) is 0 Å². The molecule has 2 fully saturated rings. The Morgan fingerprint density at radius 2 is 1.93 bits per heavy atom. The highest BCUT2D eigenvalue weighted by atomic mass is 79.9. The first kappa shape index (κ1) is 11.9. The number of ether oxygens (including phenoxy) is 1. The van der Waals surface area contributed by atoms with Crippen LogP contribution >= 0.6 is 15.9 Å². The molecule has 0 aliphatic carbocycles. The van der Waals surface area contributed by atoms with E-state index in [1.54, 1.807) is 0 Å². The molecule has 1 atom stereocenters. The molecular weight excluding hydrogens is 254 g/mol. The number of rotatable bonds is 2. The lowest BCUT2D eigenvalue weighted by atomic mass is 9.96. The molecule has 2 nitrogen and oxygen atoms in total. The highest BCUT2D eigenvalue weighted by molar-refractivity contribution is 9.09. The lowest BCUT2D eigenvalue weighted by molar-refractivity contribution is 0.0428. The quantitative estimate of drug-likeness (QED) is 0.719. The van der Waals surface area contributed by atoms with Crippen LogP contribution in [0, 0.1) is 5.92 Å². The summed E-state index contributed by atoms with van der Waals surface area (Å²) in [6.07, 6.45) is 3.79. The van der Waals surface area contributed by atoms with Crippen molar-refractivity contribution < 1.29 is 4.74 Å². The second-order valence-electron chi connectivity index (χ2n) is 5.41. The Bertz CT molecular complexity index is 214. The third-order valence-electron chi connectivity index (χ3n) is 4.05. The average molecular weight is 276 g/mol. The zero-order valence-corrected chi connectivity index (χ0v) is 11.4. The summed E-state index contributed by atoms with van der Waals surface area (Å²) >= 11 is 3.80. The summed E-state index contributed by atoms with van der Waals surface area (Å²) in [5.41, 5.74) is 0.332. The second kappa shape index (κ2) is 4.72. The Morgan fingerprint density at radius 1 is 1.27 bits per heavy atom. The molecule has 0 bridgehead atoms. The average Bonchev–Trinajstić information content (AvgIpc) is 2.47.